The van der Waals surface area contributed by atoms with E-state index < -0.39 is 0 Å². The van der Waals surface area contributed by atoms with Gasteiger partial charge in [0.2, 0.25) is 5.82 Å². The second-order valence-electron chi connectivity index (χ2n) is 8.11. The van der Waals surface area contributed by atoms with Crippen molar-refractivity contribution in [1.29, 1.82) is 0 Å². The second-order valence-corrected chi connectivity index (χ2v) is 8.50. The number of aryl methyl sites for hydroxylation is 1. The molecule has 1 atom stereocenters. The molecule has 6 nitrogen and oxygen atoms in total. The summed E-state index contributed by atoms with van der Waals surface area (Å²) >= 11 is 5.82. The van der Waals surface area contributed by atoms with Crippen LogP contribution >= 0.6 is 12.2 Å². The lowest BCUT2D eigenvalue weighted by molar-refractivity contribution is 0.404. The van der Waals surface area contributed by atoms with Gasteiger partial charge in [-0.2, -0.15) is 4.98 Å². The lowest BCUT2D eigenvalue weighted by Crippen LogP contribution is -2.46. The van der Waals surface area contributed by atoms with E-state index in [9.17, 15) is 0 Å². The number of aromatic nitrogens is 2. The molecule has 1 aliphatic heterocycles. The fourth-order valence-electron chi connectivity index (χ4n) is 4.11. The third kappa shape index (κ3) is 4.06. The molecule has 2 heterocycles. The van der Waals surface area contributed by atoms with Crippen LogP contribution in [0.1, 0.15) is 30.0 Å². The maximum atomic E-state index is 5.82. The molecule has 7 heteroatoms. The number of hydrogen-bond donors (Lipinski definition) is 1. The zero-order valence-electron chi connectivity index (χ0n) is 19.1. The summed E-state index contributed by atoms with van der Waals surface area (Å²) in [5.74, 6) is 1.78. The standard InChI is InChI=1S/C27H24N4O2S/c1-17-9-11-19(12-10-17)24-23(26-29-25(30-33-26)20-7-5-4-6-8-20)18(2)31(27(34)28-24)21-13-15-22(32-3)16-14-21/h4-16,24H,1-3H3,(H,28,34). The minimum atomic E-state index is -0.230. The molecule has 0 saturated carbocycles. The van der Waals surface area contributed by atoms with Gasteiger partial charge in [-0.15, -0.1) is 0 Å². The number of hydrogen-bond acceptors (Lipinski definition) is 5. The molecule has 1 unspecified atom stereocenters. The van der Waals surface area contributed by atoms with Crippen LogP contribution in [0.15, 0.2) is 89.1 Å². The van der Waals surface area contributed by atoms with Gasteiger partial charge in [-0.1, -0.05) is 65.3 Å². The Hall–Kier alpha value is -3.97. The molecule has 1 N–H and O–H groups in total. The van der Waals surface area contributed by atoms with Crippen LogP contribution in [0.5, 0.6) is 5.75 Å². The van der Waals surface area contributed by atoms with Gasteiger partial charge in [0.1, 0.15) is 5.75 Å². The van der Waals surface area contributed by atoms with Crippen LogP contribution in [0.3, 0.4) is 0 Å². The minimum absolute atomic E-state index is 0.230. The van der Waals surface area contributed by atoms with Crippen molar-refractivity contribution in [1.82, 2.24) is 15.5 Å². The van der Waals surface area contributed by atoms with E-state index in [2.05, 4.69) is 41.7 Å². The van der Waals surface area contributed by atoms with Crippen LogP contribution in [0.4, 0.5) is 5.69 Å². The third-order valence-corrected chi connectivity index (χ3v) is 6.21. The lowest BCUT2D eigenvalue weighted by atomic mass is 9.94. The van der Waals surface area contributed by atoms with Gasteiger partial charge in [0.25, 0.3) is 5.89 Å². The summed E-state index contributed by atoms with van der Waals surface area (Å²) in [5.41, 5.74) is 5.86. The molecule has 0 amide bonds. The molecule has 0 radical (unpaired) electrons. The van der Waals surface area contributed by atoms with E-state index in [1.54, 1.807) is 7.11 Å². The summed E-state index contributed by atoms with van der Waals surface area (Å²) in [5, 5.41) is 8.36. The number of methoxy groups -OCH3 is 1. The van der Waals surface area contributed by atoms with Crippen molar-refractivity contribution in [3.05, 3.63) is 102 Å². The number of allylic oxidation sites excluding steroid dienone is 1. The molecule has 0 bridgehead atoms. The van der Waals surface area contributed by atoms with E-state index in [1.165, 1.54) is 5.56 Å². The summed E-state index contributed by atoms with van der Waals surface area (Å²) in [6.45, 7) is 4.10. The van der Waals surface area contributed by atoms with E-state index in [-0.39, 0.29) is 6.04 Å². The Bertz CT molecular complexity index is 1350. The Morgan fingerprint density at radius 3 is 2.32 bits per heavy atom. The first-order chi connectivity index (χ1) is 16.5. The highest BCUT2D eigenvalue weighted by molar-refractivity contribution is 7.80. The number of ether oxygens (including phenoxy) is 1. The first kappa shape index (κ1) is 21.9. The molecule has 1 aromatic heterocycles. The number of nitrogens with one attached hydrogen (secondary N) is 1. The van der Waals surface area contributed by atoms with Crippen molar-refractivity contribution in [3.8, 4) is 17.1 Å². The van der Waals surface area contributed by atoms with E-state index >= 15 is 0 Å². The summed E-state index contributed by atoms with van der Waals surface area (Å²) in [6.07, 6.45) is 0. The van der Waals surface area contributed by atoms with Crippen LogP contribution in [-0.2, 0) is 0 Å². The Morgan fingerprint density at radius 2 is 1.65 bits per heavy atom. The Kier molecular flexibility index (Phi) is 5.86. The van der Waals surface area contributed by atoms with Crippen LogP contribution in [-0.4, -0.2) is 22.4 Å². The highest BCUT2D eigenvalue weighted by Crippen LogP contribution is 2.39. The number of rotatable bonds is 5. The van der Waals surface area contributed by atoms with Crippen molar-refractivity contribution in [2.45, 2.75) is 19.9 Å². The predicted molar refractivity (Wildman–Crippen MR) is 137 cm³/mol. The molecule has 0 spiro atoms. The molecule has 4 aromatic rings. The van der Waals surface area contributed by atoms with Crippen molar-refractivity contribution in [2.24, 2.45) is 0 Å². The molecular formula is C27H24N4O2S. The first-order valence-corrected chi connectivity index (χ1v) is 11.4. The first-order valence-electron chi connectivity index (χ1n) is 11.0. The Balaban J connectivity index is 1.64. The Labute approximate surface area is 203 Å². The molecule has 0 aliphatic carbocycles. The quantitative estimate of drug-likeness (QED) is 0.365. The average molecular weight is 469 g/mol. The predicted octanol–water partition coefficient (Wildman–Crippen LogP) is 5.92. The number of thiocarbonyl (C=S) groups is 1. The smallest absolute Gasteiger partial charge is 0.258 e. The van der Waals surface area contributed by atoms with Gasteiger partial charge < -0.3 is 14.6 Å². The zero-order valence-corrected chi connectivity index (χ0v) is 20.0. The molecule has 5 rings (SSSR count). The van der Waals surface area contributed by atoms with Crippen molar-refractivity contribution >= 4 is 28.6 Å². The summed E-state index contributed by atoms with van der Waals surface area (Å²) in [7, 11) is 1.65. The SMILES string of the molecule is COc1ccc(N2C(=S)NC(c3ccc(C)cc3)C(c3nc(-c4ccccc4)no3)=C2C)cc1. The van der Waals surface area contributed by atoms with Gasteiger partial charge >= 0.3 is 0 Å². The number of benzene rings is 3. The van der Waals surface area contributed by atoms with Gasteiger partial charge in [0, 0.05) is 16.9 Å². The maximum Gasteiger partial charge on any atom is 0.258 e. The number of nitrogens with zero attached hydrogens (tertiary/aromatic N) is 3. The van der Waals surface area contributed by atoms with E-state index in [4.69, 9.17) is 26.5 Å². The van der Waals surface area contributed by atoms with Crippen molar-refractivity contribution < 1.29 is 9.26 Å². The third-order valence-electron chi connectivity index (χ3n) is 5.91. The van der Waals surface area contributed by atoms with Crippen LogP contribution in [0.25, 0.3) is 17.0 Å². The van der Waals surface area contributed by atoms with Gasteiger partial charge in [-0.05, 0) is 55.9 Å². The molecule has 1 aliphatic rings. The normalized spacial score (nSPS) is 15.9. The monoisotopic (exact) mass is 468 g/mol. The van der Waals surface area contributed by atoms with Crippen LogP contribution in [0.2, 0.25) is 0 Å². The lowest BCUT2D eigenvalue weighted by Gasteiger charge is -2.37. The highest BCUT2D eigenvalue weighted by atomic mass is 32.1. The maximum absolute atomic E-state index is 5.82. The van der Waals surface area contributed by atoms with E-state index in [0.717, 1.165) is 33.8 Å². The summed E-state index contributed by atoms with van der Waals surface area (Å²) in [4.78, 5) is 6.75. The Morgan fingerprint density at radius 1 is 0.941 bits per heavy atom. The highest BCUT2D eigenvalue weighted by Gasteiger charge is 2.34. The molecule has 0 fully saturated rings. The molecule has 34 heavy (non-hydrogen) atoms. The second kappa shape index (κ2) is 9.11. The largest absolute Gasteiger partial charge is 0.497 e. The fourth-order valence-corrected chi connectivity index (χ4v) is 4.47. The van der Waals surface area contributed by atoms with E-state index in [1.807, 2.05) is 66.4 Å². The molecule has 3 aromatic carbocycles. The van der Waals surface area contributed by atoms with Gasteiger partial charge in [-0.3, -0.25) is 4.90 Å². The van der Waals surface area contributed by atoms with Gasteiger partial charge in [0.05, 0.1) is 18.7 Å². The average Bonchev–Trinajstić information content (AvgIpc) is 3.35. The van der Waals surface area contributed by atoms with Crippen molar-refractivity contribution in [3.63, 3.8) is 0 Å². The minimum Gasteiger partial charge on any atom is -0.497 e. The van der Waals surface area contributed by atoms with E-state index in [0.29, 0.717) is 16.8 Å². The topological polar surface area (TPSA) is 63.4 Å². The fraction of sp³-hybridized carbons (Fsp3) is 0.148. The molecule has 0 saturated heterocycles. The van der Waals surface area contributed by atoms with Crippen molar-refractivity contribution in [2.75, 3.05) is 12.0 Å². The van der Waals surface area contributed by atoms with Crippen LogP contribution in [0, 0.1) is 6.92 Å². The molecular weight excluding hydrogens is 444 g/mol. The van der Waals surface area contributed by atoms with Gasteiger partial charge in [0.15, 0.2) is 5.11 Å². The van der Waals surface area contributed by atoms with Gasteiger partial charge in [-0.25, -0.2) is 0 Å². The summed E-state index contributed by atoms with van der Waals surface area (Å²) in [6, 6.07) is 25.7. The van der Waals surface area contributed by atoms with Crippen LogP contribution < -0.4 is 15.0 Å². The number of anilines is 1. The summed E-state index contributed by atoms with van der Waals surface area (Å²) < 4.78 is 11.1. The zero-order chi connectivity index (χ0) is 23.7. The molecule has 170 valence electrons.